The van der Waals surface area contributed by atoms with Crippen molar-refractivity contribution < 1.29 is 0 Å². The summed E-state index contributed by atoms with van der Waals surface area (Å²) in [6.07, 6.45) is 3.35. The van der Waals surface area contributed by atoms with Gasteiger partial charge < -0.3 is 4.57 Å². The van der Waals surface area contributed by atoms with Crippen LogP contribution in [0.5, 0.6) is 0 Å². The molecule has 2 aromatic rings. The van der Waals surface area contributed by atoms with Crippen molar-refractivity contribution >= 4 is 34.2 Å². The smallest absolute Gasteiger partial charge is 0.128 e. The molecule has 104 valence electrons. The van der Waals surface area contributed by atoms with E-state index in [1.807, 2.05) is 19.1 Å². The van der Waals surface area contributed by atoms with E-state index in [0.29, 0.717) is 11.1 Å². The van der Waals surface area contributed by atoms with Gasteiger partial charge in [0.05, 0.1) is 15.9 Å². The summed E-state index contributed by atoms with van der Waals surface area (Å²) in [5.74, 6) is 0.921. The third-order valence-electron chi connectivity index (χ3n) is 3.51. The molecule has 0 saturated heterocycles. The van der Waals surface area contributed by atoms with Gasteiger partial charge in [0.1, 0.15) is 11.3 Å². The largest absolute Gasteiger partial charge is 0.324 e. The highest BCUT2D eigenvalue weighted by Crippen LogP contribution is 2.33. The highest BCUT2D eigenvalue weighted by Gasteiger charge is 2.21. The zero-order chi connectivity index (χ0) is 14.0. The van der Waals surface area contributed by atoms with Crippen LogP contribution in [0.2, 0.25) is 5.02 Å². The number of nitrogens with zero attached hydrogens (tertiary/aromatic N) is 2. The number of rotatable bonds is 5. The number of imidazole rings is 1. The molecule has 2 nitrogen and oxygen atoms in total. The molecule has 1 heterocycles. The van der Waals surface area contributed by atoms with Crippen molar-refractivity contribution in [3.8, 4) is 0 Å². The summed E-state index contributed by atoms with van der Waals surface area (Å²) in [6.45, 7) is 6.38. The topological polar surface area (TPSA) is 17.8 Å². The van der Waals surface area contributed by atoms with Crippen molar-refractivity contribution in [2.75, 3.05) is 0 Å². The summed E-state index contributed by atoms with van der Waals surface area (Å²) in [5.41, 5.74) is 1.96. The van der Waals surface area contributed by atoms with E-state index in [1.165, 1.54) is 0 Å². The lowest BCUT2D eigenvalue weighted by atomic mass is 10.1. The molecule has 0 N–H and O–H groups in total. The van der Waals surface area contributed by atoms with Gasteiger partial charge in [0.2, 0.25) is 0 Å². The third-order valence-corrected chi connectivity index (χ3v) is 4.01. The lowest BCUT2D eigenvalue weighted by Crippen LogP contribution is -2.12. The summed E-state index contributed by atoms with van der Waals surface area (Å²) in [5, 5.41) is 0.579. The molecule has 0 saturated carbocycles. The Morgan fingerprint density at radius 2 is 2.05 bits per heavy atom. The van der Waals surface area contributed by atoms with E-state index >= 15 is 0 Å². The van der Waals surface area contributed by atoms with E-state index in [-0.39, 0.29) is 5.38 Å². The van der Waals surface area contributed by atoms with E-state index in [2.05, 4.69) is 29.5 Å². The van der Waals surface area contributed by atoms with Gasteiger partial charge in [-0.3, -0.25) is 0 Å². The summed E-state index contributed by atoms with van der Waals surface area (Å²) in [4.78, 5) is 4.66. The lowest BCUT2D eigenvalue weighted by Gasteiger charge is -2.20. The van der Waals surface area contributed by atoms with Crippen LogP contribution in [0.4, 0.5) is 0 Å². The lowest BCUT2D eigenvalue weighted by molar-refractivity contribution is 0.444. The van der Waals surface area contributed by atoms with Crippen LogP contribution in [0.25, 0.3) is 11.0 Å². The Kier molecular flexibility index (Phi) is 4.75. The second kappa shape index (κ2) is 6.15. The fourth-order valence-corrected chi connectivity index (χ4v) is 2.98. The Bertz CT molecular complexity index is 561. The van der Waals surface area contributed by atoms with Gasteiger partial charge in [-0.15, -0.1) is 11.6 Å². The number of alkyl halides is 1. The molecule has 4 heteroatoms. The molecule has 2 atom stereocenters. The van der Waals surface area contributed by atoms with Gasteiger partial charge in [-0.25, -0.2) is 4.98 Å². The van der Waals surface area contributed by atoms with Crippen LogP contribution in [0.1, 0.15) is 57.3 Å². The van der Waals surface area contributed by atoms with Crippen LogP contribution in [-0.4, -0.2) is 9.55 Å². The summed E-state index contributed by atoms with van der Waals surface area (Å²) in [6, 6.07) is 6.37. The average Bonchev–Trinajstić information content (AvgIpc) is 2.77. The molecule has 0 aliphatic rings. The molecule has 0 aliphatic heterocycles. The van der Waals surface area contributed by atoms with Gasteiger partial charge in [-0.1, -0.05) is 37.9 Å². The maximum Gasteiger partial charge on any atom is 0.128 e. The standard InChI is InChI=1S/C15H20Cl2N2/c1-4-7-11(5-2)19-13-9-6-8-12(17)14(13)18-15(19)10(3)16/h6,8-11H,4-5,7H2,1-3H3. The molecule has 0 fully saturated rings. The number of halogens is 2. The van der Waals surface area contributed by atoms with Crippen LogP contribution < -0.4 is 0 Å². The number of para-hydroxylation sites is 1. The first-order valence-corrected chi connectivity index (χ1v) is 7.71. The number of hydrogen-bond acceptors (Lipinski definition) is 1. The molecule has 1 aromatic heterocycles. The predicted octanol–water partition coefficient (Wildman–Crippen LogP) is 5.74. The van der Waals surface area contributed by atoms with Gasteiger partial charge in [0.15, 0.2) is 0 Å². The second-order valence-corrected chi connectivity index (χ2v) is 5.98. The maximum absolute atomic E-state index is 6.31. The number of hydrogen-bond donors (Lipinski definition) is 0. The first-order valence-electron chi connectivity index (χ1n) is 6.90. The van der Waals surface area contributed by atoms with Crippen molar-refractivity contribution in [3.63, 3.8) is 0 Å². The molecular weight excluding hydrogens is 279 g/mol. The number of benzene rings is 1. The van der Waals surface area contributed by atoms with Crippen molar-refractivity contribution in [3.05, 3.63) is 29.0 Å². The monoisotopic (exact) mass is 298 g/mol. The SMILES string of the molecule is CCCC(CC)n1c(C(C)Cl)nc2c(Cl)cccc21. The molecule has 0 amide bonds. The summed E-state index contributed by atoms with van der Waals surface area (Å²) >= 11 is 12.6. The van der Waals surface area contributed by atoms with Gasteiger partial charge in [0.25, 0.3) is 0 Å². The normalized spacial score (nSPS) is 14.8. The van der Waals surface area contributed by atoms with E-state index in [0.717, 1.165) is 36.1 Å². The quantitative estimate of drug-likeness (QED) is 0.644. The minimum atomic E-state index is -0.116. The molecule has 1 aromatic carbocycles. The zero-order valence-electron chi connectivity index (χ0n) is 11.7. The molecule has 0 bridgehead atoms. The van der Waals surface area contributed by atoms with Gasteiger partial charge in [0, 0.05) is 6.04 Å². The first-order chi connectivity index (χ1) is 9.10. The summed E-state index contributed by atoms with van der Waals surface area (Å²) < 4.78 is 2.28. The molecule has 19 heavy (non-hydrogen) atoms. The molecule has 2 rings (SSSR count). The van der Waals surface area contributed by atoms with E-state index in [4.69, 9.17) is 23.2 Å². The molecule has 0 radical (unpaired) electrons. The minimum Gasteiger partial charge on any atom is -0.324 e. The van der Waals surface area contributed by atoms with Crippen molar-refractivity contribution in [2.45, 2.75) is 51.5 Å². The maximum atomic E-state index is 6.31. The predicted molar refractivity (Wildman–Crippen MR) is 83.2 cm³/mol. The highest BCUT2D eigenvalue weighted by molar-refractivity contribution is 6.35. The summed E-state index contributed by atoms with van der Waals surface area (Å²) in [7, 11) is 0. The highest BCUT2D eigenvalue weighted by atomic mass is 35.5. The fourth-order valence-electron chi connectivity index (χ4n) is 2.61. The van der Waals surface area contributed by atoms with Crippen LogP contribution in [0, 0.1) is 0 Å². The van der Waals surface area contributed by atoms with Crippen LogP contribution >= 0.6 is 23.2 Å². The van der Waals surface area contributed by atoms with Crippen LogP contribution in [0.3, 0.4) is 0 Å². The van der Waals surface area contributed by atoms with E-state index < -0.39 is 0 Å². The van der Waals surface area contributed by atoms with Crippen molar-refractivity contribution in [1.82, 2.24) is 9.55 Å². The molecule has 2 unspecified atom stereocenters. The average molecular weight is 299 g/mol. The molecule has 0 aliphatic carbocycles. The number of aromatic nitrogens is 2. The Morgan fingerprint density at radius 1 is 1.32 bits per heavy atom. The van der Waals surface area contributed by atoms with E-state index in [1.54, 1.807) is 0 Å². The fraction of sp³-hybridized carbons (Fsp3) is 0.533. The van der Waals surface area contributed by atoms with Crippen LogP contribution in [-0.2, 0) is 0 Å². The Hall–Kier alpha value is -0.730. The first kappa shape index (κ1) is 14.7. The van der Waals surface area contributed by atoms with E-state index in [9.17, 15) is 0 Å². The van der Waals surface area contributed by atoms with Gasteiger partial charge >= 0.3 is 0 Å². The second-order valence-electron chi connectivity index (χ2n) is 4.91. The third kappa shape index (κ3) is 2.75. The van der Waals surface area contributed by atoms with Crippen molar-refractivity contribution in [1.29, 1.82) is 0 Å². The Morgan fingerprint density at radius 3 is 2.63 bits per heavy atom. The molecular formula is C15H20Cl2N2. The Labute approximate surface area is 124 Å². The Balaban J connectivity index is 2.67. The van der Waals surface area contributed by atoms with Crippen molar-refractivity contribution in [2.24, 2.45) is 0 Å². The number of fused-ring (bicyclic) bond motifs is 1. The zero-order valence-corrected chi connectivity index (χ0v) is 13.2. The minimum absolute atomic E-state index is 0.116. The van der Waals surface area contributed by atoms with Crippen LogP contribution in [0.15, 0.2) is 18.2 Å². The molecule has 0 spiro atoms. The van der Waals surface area contributed by atoms with Gasteiger partial charge in [-0.05, 0) is 31.9 Å². The van der Waals surface area contributed by atoms with Gasteiger partial charge in [-0.2, -0.15) is 0 Å².